The summed E-state index contributed by atoms with van der Waals surface area (Å²) in [7, 11) is -6.24. The van der Waals surface area contributed by atoms with E-state index in [0.717, 1.165) is 23.4 Å². The van der Waals surface area contributed by atoms with Gasteiger partial charge in [0.2, 0.25) is 0 Å². The second-order valence-corrected chi connectivity index (χ2v) is 9.12. The number of aryl methyl sites for hydroxylation is 2. The molecule has 0 saturated carbocycles. The van der Waals surface area contributed by atoms with Crippen molar-refractivity contribution in [2.24, 2.45) is 0 Å². The first kappa shape index (κ1) is 18.3. The maximum absolute atomic E-state index is 12.8. The number of para-hydroxylation sites is 1. The second kappa shape index (κ2) is 6.45. The smallest absolute Gasteiger partial charge is 0.265 e. The molecule has 6 nitrogen and oxygen atoms in total. The van der Waals surface area contributed by atoms with Crippen molar-refractivity contribution in [1.82, 2.24) is 0 Å². The van der Waals surface area contributed by atoms with Crippen LogP contribution in [0.3, 0.4) is 0 Å². The van der Waals surface area contributed by atoms with Crippen molar-refractivity contribution in [2.75, 3.05) is 18.1 Å². The Morgan fingerprint density at radius 1 is 0.958 bits per heavy atom. The van der Waals surface area contributed by atoms with E-state index in [9.17, 15) is 16.8 Å². The minimum Gasteiger partial charge on any atom is -0.495 e. The number of anilines is 1. The Balaban J connectivity index is 2.60. The van der Waals surface area contributed by atoms with Gasteiger partial charge in [-0.3, -0.25) is 4.72 Å². The third kappa shape index (κ3) is 3.70. The lowest BCUT2D eigenvalue weighted by molar-refractivity contribution is 0.402. The summed E-state index contributed by atoms with van der Waals surface area (Å²) in [6.07, 6.45) is 1.02. The normalized spacial score (nSPS) is 12.0. The highest BCUT2D eigenvalue weighted by molar-refractivity contribution is 7.93. The monoisotopic (exact) mass is 369 g/mol. The van der Waals surface area contributed by atoms with Gasteiger partial charge in [-0.15, -0.1) is 0 Å². The van der Waals surface area contributed by atoms with Gasteiger partial charge in [0, 0.05) is 6.26 Å². The van der Waals surface area contributed by atoms with Crippen LogP contribution in [0.1, 0.15) is 11.1 Å². The van der Waals surface area contributed by atoms with Crippen molar-refractivity contribution < 1.29 is 21.6 Å². The molecule has 0 aliphatic carbocycles. The Morgan fingerprint density at radius 2 is 1.54 bits per heavy atom. The van der Waals surface area contributed by atoms with Crippen LogP contribution in [0.5, 0.6) is 5.75 Å². The first-order valence-corrected chi connectivity index (χ1v) is 10.4. The standard InChI is InChI=1S/C16H19NO5S2/c1-11-6-5-7-12(2)16(11)17-24(20,21)15-10-13(23(4,18)19)8-9-14(15)22-3/h5-10,17H,1-4H3. The molecule has 24 heavy (non-hydrogen) atoms. The van der Waals surface area contributed by atoms with Crippen LogP contribution in [-0.2, 0) is 19.9 Å². The summed E-state index contributed by atoms with van der Waals surface area (Å²) >= 11 is 0. The number of methoxy groups -OCH3 is 1. The minimum absolute atomic E-state index is 0.0705. The van der Waals surface area contributed by atoms with E-state index in [1.165, 1.54) is 19.2 Å². The van der Waals surface area contributed by atoms with Crippen LogP contribution in [0, 0.1) is 13.8 Å². The molecule has 0 spiro atoms. The van der Waals surface area contributed by atoms with E-state index in [0.29, 0.717) is 5.69 Å². The van der Waals surface area contributed by atoms with Crippen LogP contribution in [0.25, 0.3) is 0 Å². The summed E-state index contributed by atoms with van der Waals surface area (Å²) in [5, 5.41) is 0. The summed E-state index contributed by atoms with van der Waals surface area (Å²) in [6, 6.07) is 9.14. The maximum Gasteiger partial charge on any atom is 0.265 e. The van der Waals surface area contributed by atoms with Gasteiger partial charge in [0.15, 0.2) is 9.84 Å². The van der Waals surface area contributed by atoms with Crippen LogP contribution in [-0.4, -0.2) is 30.2 Å². The number of benzene rings is 2. The lowest BCUT2D eigenvalue weighted by Crippen LogP contribution is -2.16. The third-order valence-electron chi connectivity index (χ3n) is 3.57. The highest BCUT2D eigenvalue weighted by atomic mass is 32.2. The van der Waals surface area contributed by atoms with Crippen LogP contribution >= 0.6 is 0 Å². The molecule has 8 heteroatoms. The molecule has 0 aliphatic heterocycles. The molecule has 0 heterocycles. The molecule has 2 rings (SSSR count). The van der Waals surface area contributed by atoms with E-state index in [4.69, 9.17) is 4.74 Å². The highest BCUT2D eigenvalue weighted by Crippen LogP contribution is 2.30. The Hall–Kier alpha value is -2.06. The number of hydrogen-bond donors (Lipinski definition) is 1. The van der Waals surface area contributed by atoms with Crippen molar-refractivity contribution in [1.29, 1.82) is 0 Å². The fourth-order valence-corrected chi connectivity index (χ4v) is 4.38. The SMILES string of the molecule is COc1ccc(S(C)(=O)=O)cc1S(=O)(=O)Nc1c(C)cccc1C. The molecule has 0 saturated heterocycles. The Morgan fingerprint density at radius 3 is 2.04 bits per heavy atom. The summed E-state index contributed by atoms with van der Waals surface area (Å²) < 4.78 is 56.6. The predicted octanol–water partition coefficient (Wildman–Crippen LogP) is 2.52. The van der Waals surface area contributed by atoms with Crippen molar-refractivity contribution >= 4 is 25.5 Å². The van der Waals surface area contributed by atoms with Gasteiger partial charge in [0.1, 0.15) is 10.6 Å². The molecule has 0 atom stereocenters. The molecule has 0 amide bonds. The molecule has 0 unspecified atom stereocenters. The van der Waals surface area contributed by atoms with Gasteiger partial charge in [-0.1, -0.05) is 18.2 Å². The average molecular weight is 369 g/mol. The van der Waals surface area contributed by atoms with Gasteiger partial charge in [0.05, 0.1) is 17.7 Å². The van der Waals surface area contributed by atoms with E-state index in [1.807, 2.05) is 6.07 Å². The van der Waals surface area contributed by atoms with Crippen LogP contribution < -0.4 is 9.46 Å². The highest BCUT2D eigenvalue weighted by Gasteiger charge is 2.23. The van der Waals surface area contributed by atoms with Crippen molar-refractivity contribution in [3.8, 4) is 5.75 Å². The fraction of sp³-hybridized carbons (Fsp3) is 0.250. The largest absolute Gasteiger partial charge is 0.495 e. The molecule has 2 aromatic rings. The van der Waals surface area contributed by atoms with Crippen molar-refractivity contribution in [3.63, 3.8) is 0 Å². The zero-order chi connectivity index (χ0) is 18.1. The molecule has 1 N–H and O–H groups in total. The number of nitrogens with one attached hydrogen (secondary N) is 1. The molecule has 0 radical (unpaired) electrons. The number of sulfone groups is 1. The molecule has 0 bridgehead atoms. The quantitative estimate of drug-likeness (QED) is 0.875. The molecule has 0 aliphatic rings. The first-order chi connectivity index (χ1) is 11.1. The lowest BCUT2D eigenvalue weighted by atomic mass is 10.1. The van der Waals surface area contributed by atoms with Gasteiger partial charge in [-0.25, -0.2) is 16.8 Å². The van der Waals surface area contributed by atoms with Crippen molar-refractivity contribution in [3.05, 3.63) is 47.5 Å². The average Bonchev–Trinajstić information content (AvgIpc) is 2.49. The lowest BCUT2D eigenvalue weighted by Gasteiger charge is -2.15. The topological polar surface area (TPSA) is 89.5 Å². The predicted molar refractivity (Wildman–Crippen MR) is 92.8 cm³/mol. The summed E-state index contributed by atoms with van der Waals surface area (Å²) in [4.78, 5) is -0.319. The van der Waals surface area contributed by atoms with Crippen molar-refractivity contribution in [2.45, 2.75) is 23.6 Å². The summed E-state index contributed by atoms with van der Waals surface area (Å²) in [5.74, 6) is 0.0705. The number of ether oxygens (including phenoxy) is 1. The number of hydrogen-bond acceptors (Lipinski definition) is 5. The Kier molecular flexibility index (Phi) is 4.91. The summed E-state index contributed by atoms with van der Waals surface area (Å²) in [5.41, 5.74) is 1.98. The number of sulfonamides is 1. The van der Waals surface area contributed by atoms with Gasteiger partial charge < -0.3 is 4.74 Å². The minimum atomic E-state index is -4.02. The van der Waals surface area contributed by atoms with Gasteiger partial charge in [-0.05, 0) is 43.2 Å². The first-order valence-electron chi connectivity index (χ1n) is 7.03. The second-order valence-electron chi connectivity index (χ2n) is 5.46. The van der Waals surface area contributed by atoms with Gasteiger partial charge in [-0.2, -0.15) is 0 Å². The molecule has 0 fully saturated rings. The molecule has 0 aromatic heterocycles. The number of rotatable bonds is 5. The zero-order valence-electron chi connectivity index (χ0n) is 13.8. The van der Waals surface area contributed by atoms with Gasteiger partial charge >= 0.3 is 0 Å². The van der Waals surface area contributed by atoms with E-state index in [2.05, 4.69) is 4.72 Å². The zero-order valence-corrected chi connectivity index (χ0v) is 15.5. The van der Waals surface area contributed by atoms with Crippen LogP contribution in [0.4, 0.5) is 5.69 Å². The van der Waals surface area contributed by atoms with E-state index in [1.54, 1.807) is 26.0 Å². The Labute approximate surface area is 142 Å². The van der Waals surface area contributed by atoms with E-state index in [-0.39, 0.29) is 15.5 Å². The maximum atomic E-state index is 12.8. The molecular weight excluding hydrogens is 350 g/mol. The summed E-state index contributed by atoms with van der Waals surface area (Å²) in [6.45, 7) is 3.57. The molecular formula is C16H19NO5S2. The molecule has 2 aromatic carbocycles. The Bertz CT molecular complexity index is 959. The van der Waals surface area contributed by atoms with Crippen LogP contribution in [0.2, 0.25) is 0 Å². The van der Waals surface area contributed by atoms with Crippen LogP contribution in [0.15, 0.2) is 46.2 Å². The van der Waals surface area contributed by atoms with E-state index < -0.39 is 19.9 Å². The molecule has 130 valence electrons. The fourth-order valence-electron chi connectivity index (χ4n) is 2.26. The third-order valence-corrected chi connectivity index (χ3v) is 6.05. The van der Waals surface area contributed by atoms with Gasteiger partial charge in [0.25, 0.3) is 10.0 Å². The van der Waals surface area contributed by atoms with E-state index >= 15 is 0 Å².